The second-order valence-electron chi connectivity index (χ2n) is 6.87. The number of hydrogen-bond donors (Lipinski definition) is 0. The third-order valence-electron chi connectivity index (χ3n) is 4.89. The molecule has 2 heterocycles. The van der Waals surface area contributed by atoms with Gasteiger partial charge in [-0.3, -0.25) is 14.9 Å². The molecule has 4 rings (SSSR count). The zero-order chi connectivity index (χ0) is 20.1. The number of ether oxygens (including phenoxy) is 1. The number of carbonyl (C=O) groups excluding carboxylic acids is 1. The molecule has 1 amide bonds. The van der Waals surface area contributed by atoms with Crippen molar-refractivity contribution in [2.24, 2.45) is 5.92 Å². The van der Waals surface area contributed by atoms with Crippen molar-refractivity contribution in [3.63, 3.8) is 0 Å². The van der Waals surface area contributed by atoms with E-state index in [2.05, 4.69) is 0 Å². The number of fused-ring (bicyclic) bond motifs is 1. The van der Waals surface area contributed by atoms with E-state index in [1.807, 2.05) is 0 Å². The molecule has 2 aromatic rings. The fourth-order valence-corrected chi connectivity index (χ4v) is 5.81. The maximum atomic E-state index is 13.1. The van der Waals surface area contributed by atoms with Crippen LogP contribution in [0.4, 0.5) is 15.8 Å². The van der Waals surface area contributed by atoms with Gasteiger partial charge in [-0.1, -0.05) is 0 Å². The Morgan fingerprint density at radius 3 is 2.50 bits per heavy atom. The summed E-state index contributed by atoms with van der Waals surface area (Å²) in [5, 5.41) is 11.3. The molecule has 2 aromatic carbocycles. The van der Waals surface area contributed by atoms with Gasteiger partial charge in [0, 0.05) is 24.5 Å². The molecule has 2 aliphatic rings. The lowest BCUT2D eigenvalue weighted by Gasteiger charge is -2.23. The number of amides is 1. The molecule has 2 fully saturated rings. The van der Waals surface area contributed by atoms with Gasteiger partial charge in [0.2, 0.25) is 5.91 Å². The topological polar surface area (TPSA) is 107 Å². The minimum Gasteiger partial charge on any atom is -0.457 e. The van der Waals surface area contributed by atoms with Crippen LogP contribution in [-0.4, -0.2) is 36.8 Å². The third-order valence-corrected chi connectivity index (χ3v) is 6.67. The lowest BCUT2D eigenvalue weighted by Crippen LogP contribution is -2.36. The molecule has 146 valence electrons. The van der Waals surface area contributed by atoms with Crippen molar-refractivity contribution in [1.82, 2.24) is 0 Å². The molecule has 2 aliphatic heterocycles. The first-order valence-corrected chi connectivity index (χ1v) is 10.3. The molecule has 10 heteroatoms. The summed E-state index contributed by atoms with van der Waals surface area (Å²) in [6.07, 6.45) is 0.0841. The van der Waals surface area contributed by atoms with Gasteiger partial charge in [-0.25, -0.2) is 12.8 Å². The van der Waals surface area contributed by atoms with Crippen molar-refractivity contribution >= 4 is 27.1 Å². The average molecular weight is 406 g/mol. The number of nitrogens with zero attached hydrogens (tertiary/aromatic N) is 2. The molecule has 0 N–H and O–H groups in total. The van der Waals surface area contributed by atoms with Crippen LogP contribution in [0.1, 0.15) is 6.42 Å². The zero-order valence-electron chi connectivity index (χ0n) is 14.4. The van der Waals surface area contributed by atoms with Gasteiger partial charge < -0.3 is 9.64 Å². The lowest BCUT2D eigenvalue weighted by molar-refractivity contribution is -0.384. The molecule has 0 saturated carbocycles. The summed E-state index contributed by atoms with van der Waals surface area (Å²) in [7, 11) is -3.25. The molecule has 2 atom stereocenters. The highest BCUT2D eigenvalue weighted by Crippen LogP contribution is 2.40. The molecule has 28 heavy (non-hydrogen) atoms. The first-order valence-electron chi connectivity index (χ1n) is 8.47. The van der Waals surface area contributed by atoms with Crippen LogP contribution >= 0.6 is 0 Å². The Kier molecular flexibility index (Phi) is 4.30. The molecule has 0 aromatic heterocycles. The van der Waals surface area contributed by atoms with Crippen molar-refractivity contribution < 1.29 is 27.3 Å². The van der Waals surface area contributed by atoms with E-state index in [0.717, 1.165) is 0 Å². The molecule has 0 aliphatic carbocycles. The third kappa shape index (κ3) is 3.42. The number of halogens is 1. The Hall–Kier alpha value is -3.01. The van der Waals surface area contributed by atoms with Crippen LogP contribution < -0.4 is 9.64 Å². The zero-order valence-corrected chi connectivity index (χ0v) is 15.3. The maximum Gasteiger partial charge on any atom is 0.275 e. The number of carbonyl (C=O) groups is 1. The first kappa shape index (κ1) is 18.4. The number of benzene rings is 2. The predicted octanol–water partition coefficient (Wildman–Crippen LogP) is 2.68. The Morgan fingerprint density at radius 2 is 1.82 bits per heavy atom. The van der Waals surface area contributed by atoms with Crippen LogP contribution in [0.2, 0.25) is 0 Å². The average Bonchev–Trinajstić information content (AvgIpc) is 3.06. The number of sulfone groups is 1. The Morgan fingerprint density at radius 1 is 1.11 bits per heavy atom. The number of non-ortho nitro benzene ring substituents is 1. The molecular formula is C18H15FN2O6S. The molecule has 8 nitrogen and oxygen atoms in total. The number of rotatable bonds is 4. The van der Waals surface area contributed by atoms with Gasteiger partial charge in [0.25, 0.3) is 5.69 Å². The highest BCUT2D eigenvalue weighted by molar-refractivity contribution is 7.91. The smallest absolute Gasteiger partial charge is 0.275 e. The summed E-state index contributed by atoms with van der Waals surface area (Å²) in [4.78, 5) is 24.5. The van der Waals surface area contributed by atoms with E-state index in [1.54, 1.807) is 0 Å². The SMILES string of the molecule is O=C1C[C@@H]2CS(=O)(=O)C[C@@H]2N1c1cc(Oc2ccc(F)cc2)cc([N+](=O)[O-])c1. The Bertz CT molecular complexity index is 1070. The van der Waals surface area contributed by atoms with Gasteiger partial charge in [-0.2, -0.15) is 0 Å². The summed E-state index contributed by atoms with van der Waals surface area (Å²) in [5.41, 5.74) is -0.0902. The molecule has 0 spiro atoms. The summed E-state index contributed by atoms with van der Waals surface area (Å²) in [5.74, 6) is -0.928. The van der Waals surface area contributed by atoms with Crippen molar-refractivity contribution in [2.45, 2.75) is 12.5 Å². The Labute approximate surface area is 159 Å². The van der Waals surface area contributed by atoms with Crippen molar-refractivity contribution in [2.75, 3.05) is 16.4 Å². The fraction of sp³-hybridized carbons (Fsp3) is 0.278. The highest BCUT2D eigenvalue weighted by atomic mass is 32.2. The minimum atomic E-state index is -3.25. The second-order valence-corrected chi connectivity index (χ2v) is 9.02. The number of hydrogen-bond acceptors (Lipinski definition) is 6. The molecular weight excluding hydrogens is 391 g/mol. The van der Waals surface area contributed by atoms with Crippen molar-refractivity contribution in [3.8, 4) is 11.5 Å². The van der Waals surface area contributed by atoms with E-state index in [1.165, 1.54) is 47.4 Å². The van der Waals surface area contributed by atoms with Crippen LogP contribution in [0.15, 0.2) is 42.5 Å². The van der Waals surface area contributed by atoms with Crippen LogP contribution in [0.25, 0.3) is 0 Å². The van der Waals surface area contributed by atoms with Crippen LogP contribution in [0.3, 0.4) is 0 Å². The van der Waals surface area contributed by atoms with Gasteiger partial charge in [0.15, 0.2) is 9.84 Å². The predicted molar refractivity (Wildman–Crippen MR) is 97.6 cm³/mol. The van der Waals surface area contributed by atoms with E-state index in [4.69, 9.17) is 4.74 Å². The van der Waals surface area contributed by atoms with Crippen LogP contribution in [-0.2, 0) is 14.6 Å². The summed E-state index contributed by atoms with van der Waals surface area (Å²) < 4.78 is 42.5. The Balaban J connectivity index is 1.72. The summed E-state index contributed by atoms with van der Waals surface area (Å²) >= 11 is 0. The van der Waals surface area contributed by atoms with Crippen molar-refractivity contribution in [1.29, 1.82) is 0 Å². The van der Waals surface area contributed by atoms with Gasteiger partial charge in [0.05, 0.1) is 34.2 Å². The van der Waals surface area contributed by atoms with E-state index in [9.17, 15) is 27.7 Å². The molecule has 0 radical (unpaired) electrons. The quantitative estimate of drug-likeness (QED) is 0.571. The largest absolute Gasteiger partial charge is 0.457 e. The number of nitro groups is 1. The number of nitro benzene ring substituents is 1. The van der Waals surface area contributed by atoms with Crippen LogP contribution in [0.5, 0.6) is 11.5 Å². The molecule has 0 bridgehead atoms. The van der Waals surface area contributed by atoms with E-state index < -0.39 is 26.6 Å². The second kappa shape index (κ2) is 6.55. The minimum absolute atomic E-state index is 0.0617. The first-order chi connectivity index (χ1) is 13.2. The highest BCUT2D eigenvalue weighted by Gasteiger charge is 2.49. The molecule has 0 unspecified atom stereocenters. The normalized spacial score (nSPS) is 22.9. The maximum absolute atomic E-state index is 13.1. The van der Waals surface area contributed by atoms with Crippen molar-refractivity contribution in [3.05, 3.63) is 58.4 Å². The van der Waals surface area contributed by atoms with Gasteiger partial charge in [0.1, 0.15) is 17.3 Å². The fourth-order valence-electron chi connectivity index (χ4n) is 3.74. The van der Waals surface area contributed by atoms with Gasteiger partial charge >= 0.3 is 0 Å². The van der Waals surface area contributed by atoms with Gasteiger partial charge in [-0.15, -0.1) is 0 Å². The summed E-state index contributed by atoms with van der Waals surface area (Å²) in [6.45, 7) is 0. The number of anilines is 1. The van der Waals surface area contributed by atoms with E-state index in [-0.39, 0.29) is 52.6 Å². The van der Waals surface area contributed by atoms with Crippen LogP contribution in [0, 0.1) is 21.8 Å². The van der Waals surface area contributed by atoms with E-state index >= 15 is 0 Å². The standard InChI is InChI=1S/C18H15FN2O6S/c19-12-1-3-15(4-2-12)27-16-7-13(6-14(8-16)21(23)24)20-17-10-28(25,26)9-11(17)5-18(20)22/h1-4,6-8,11,17H,5,9-10H2/t11-,17+/m1/s1. The lowest BCUT2D eigenvalue weighted by atomic mass is 10.0. The van der Waals surface area contributed by atoms with Gasteiger partial charge in [-0.05, 0) is 24.3 Å². The van der Waals surface area contributed by atoms with E-state index in [0.29, 0.717) is 0 Å². The monoisotopic (exact) mass is 406 g/mol. The summed E-state index contributed by atoms with van der Waals surface area (Å²) in [6, 6.07) is 8.43. The molecule has 2 saturated heterocycles.